The van der Waals surface area contributed by atoms with Crippen molar-refractivity contribution in [1.82, 2.24) is 4.90 Å². The molecule has 0 saturated carbocycles. The maximum atomic E-state index is 12.5. The van der Waals surface area contributed by atoms with Crippen LogP contribution >= 0.6 is 24.0 Å². The lowest BCUT2D eigenvalue weighted by Gasteiger charge is -2.20. The van der Waals surface area contributed by atoms with E-state index in [-0.39, 0.29) is 20.7 Å². The van der Waals surface area contributed by atoms with Crippen molar-refractivity contribution in [3.63, 3.8) is 0 Å². The fourth-order valence-corrected chi connectivity index (χ4v) is 3.60. The zero-order valence-corrected chi connectivity index (χ0v) is 15.2. The summed E-state index contributed by atoms with van der Waals surface area (Å²) in [6.45, 7) is 1.51. The van der Waals surface area contributed by atoms with E-state index < -0.39 is 22.8 Å². The third-order valence-electron chi connectivity index (χ3n) is 3.45. The summed E-state index contributed by atoms with van der Waals surface area (Å²) in [7, 11) is 2.56. The molecule has 1 atom stereocenters. The summed E-state index contributed by atoms with van der Waals surface area (Å²) in [6.07, 6.45) is 1.48. The van der Waals surface area contributed by atoms with Crippen molar-refractivity contribution < 1.29 is 24.0 Å². The molecule has 1 heterocycles. The molecule has 1 aliphatic heterocycles. The minimum absolute atomic E-state index is 0.119. The maximum absolute atomic E-state index is 12.5. The molecule has 1 aromatic carbocycles. The Bertz CT molecular complexity index is 792. The van der Waals surface area contributed by atoms with Crippen LogP contribution in [0.25, 0.3) is 6.08 Å². The van der Waals surface area contributed by atoms with Crippen LogP contribution in [0.4, 0.5) is 5.69 Å². The van der Waals surface area contributed by atoms with Gasteiger partial charge in [0.1, 0.15) is 10.4 Å². The number of nitro groups is 1. The first-order valence-corrected chi connectivity index (χ1v) is 8.20. The Labute approximate surface area is 152 Å². The van der Waals surface area contributed by atoms with Crippen molar-refractivity contribution in [3.8, 4) is 5.75 Å². The molecule has 0 radical (unpaired) electrons. The van der Waals surface area contributed by atoms with Crippen LogP contribution in [0, 0.1) is 10.1 Å². The molecule has 1 saturated heterocycles. The summed E-state index contributed by atoms with van der Waals surface area (Å²) in [4.78, 5) is 36.1. The molecule has 0 N–H and O–H groups in total. The quantitative estimate of drug-likeness (QED) is 0.252. The highest BCUT2D eigenvalue weighted by Gasteiger charge is 2.38. The third kappa shape index (κ3) is 3.80. The lowest BCUT2D eigenvalue weighted by atomic mass is 10.1. The first kappa shape index (κ1) is 18.9. The van der Waals surface area contributed by atoms with Crippen LogP contribution in [-0.4, -0.2) is 46.3 Å². The van der Waals surface area contributed by atoms with E-state index in [4.69, 9.17) is 17.0 Å². The number of benzene rings is 1. The molecule has 1 aliphatic rings. The van der Waals surface area contributed by atoms with E-state index in [0.717, 1.165) is 16.7 Å². The maximum Gasteiger partial charge on any atom is 0.328 e. The molecule has 8 nitrogen and oxygen atoms in total. The van der Waals surface area contributed by atoms with E-state index in [0.29, 0.717) is 5.56 Å². The highest BCUT2D eigenvalue weighted by atomic mass is 32.2. The summed E-state index contributed by atoms with van der Waals surface area (Å²) in [5.41, 5.74) is 0.230. The molecule has 0 spiro atoms. The number of methoxy groups -OCH3 is 2. The molecule has 0 aliphatic carbocycles. The first-order chi connectivity index (χ1) is 11.8. The van der Waals surface area contributed by atoms with Gasteiger partial charge in [0.05, 0.1) is 24.0 Å². The van der Waals surface area contributed by atoms with Gasteiger partial charge >= 0.3 is 11.7 Å². The molecule has 1 fully saturated rings. The molecule has 0 bridgehead atoms. The number of carbonyl (C=O) groups is 2. The Morgan fingerprint density at radius 3 is 2.68 bits per heavy atom. The molecule has 0 unspecified atom stereocenters. The van der Waals surface area contributed by atoms with E-state index >= 15 is 0 Å². The van der Waals surface area contributed by atoms with Crippen LogP contribution in [0.15, 0.2) is 23.1 Å². The number of amides is 1. The van der Waals surface area contributed by atoms with E-state index in [2.05, 4.69) is 4.74 Å². The number of thioether (sulfide) groups is 1. The van der Waals surface area contributed by atoms with Gasteiger partial charge in [-0.1, -0.05) is 30.0 Å². The highest BCUT2D eigenvalue weighted by molar-refractivity contribution is 8.26. The molecular formula is C15H14N2O6S2. The number of nitro benzene ring substituents is 1. The topological polar surface area (TPSA) is 99.0 Å². The first-order valence-electron chi connectivity index (χ1n) is 6.97. The predicted molar refractivity (Wildman–Crippen MR) is 96.1 cm³/mol. The van der Waals surface area contributed by atoms with Gasteiger partial charge in [-0.05, 0) is 24.6 Å². The summed E-state index contributed by atoms with van der Waals surface area (Å²) in [5.74, 6) is -0.919. The van der Waals surface area contributed by atoms with E-state index in [1.54, 1.807) is 6.07 Å². The van der Waals surface area contributed by atoms with Crippen molar-refractivity contribution in [1.29, 1.82) is 0 Å². The van der Waals surface area contributed by atoms with Crippen molar-refractivity contribution in [2.45, 2.75) is 13.0 Å². The standard InChI is InChI=1S/C15H14N2O6S2/c1-8(14(19)23-3)16-13(18)12(25-15(16)24)7-9-4-5-11(22-2)10(6-9)17(20)21/h4-8H,1-3H3/b12-7-/t8-/m0/s1. The van der Waals surface area contributed by atoms with Crippen molar-refractivity contribution in [2.24, 2.45) is 0 Å². The highest BCUT2D eigenvalue weighted by Crippen LogP contribution is 2.35. The lowest BCUT2D eigenvalue weighted by Crippen LogP contribution is -2.42. The van der Waals surface area contributed by atoms with Crippen LogP contribution < -0.4 is 4.74 Å². The van der Waals surface area contributed by atoms with Gasteiger partial charge in [0, 0.05) is 6.07 Å². The van der Waals surface area contributed by atoms with Gasteiger partial charge in [-0.15, -0.1) is 0 Å². The summed E-state index contributed by atoms with van der Waals surface area (Å²) in [6, 6.07) is 3.48. The minimum atomic E-state index is -0.853. The number of nitrogens with zero attached hydrogens (tertiary/aromatic N) is 2. The van der Waals surface area contributed by atoms with Crippen molar-refractivity contribution in [2.75, 3.05) is 14.2 Å². The molecule has 0 aromatic heterocycles. The predicted octanol–water partition coefficient (Wildman–Crippen LogP) is 2.37. The van der Waals surface area contributed by atoms with E-state index in [1.807, 2.05) is 0 Å². The van der Waals surface area contributed by atoms with Gasteiger partial charge in [0.25, 0.3) is 5.91 Å². The Morgan fingerprint density at radius 2 is 2.12 bits per heavy atom. The smallest absolute Gasteiger partial charge is 0.328 e. The van der Waals surface area contributed by atoms with Crippen LogP contribution in [0.2, 0.25) is 0 Å². The van der Waals surface area contributed by atoms with Gasteiger partial charge in [-0.25, -0.2) is 4.79 Å². The second-order valence-corrected chi connectivity index (χ2v) is 6.62. The average molecular weight is 382 g/mol. The average Bonchev–Trinajstić information content (AvgIpc) is 2.86. The van der Waals surface area contributed by atoms with Crippen LogP contribution in [-0.2, 0) is 14.3 Å². The van der Waals surface area contributed by atoms with Crippen LogP contribution in [0.3, 0.4) is 0 Å². The molecule has 25 heavy (non-hydrogen) atoms. The van der Waals surface area contributed by atoms with Crippen LogP contribution in [0.5, 0.6) is 5.75 Å². The number of hydrogen-bond acceptors (Lipinski definition) is 8. The van der Waals surface area contributed by atoms with Crippen molar-refractivity contribution in [3.05, 3.63) is 38.8 Å². The molecule has 10 heteroatoms. The summed E-state index contributed by atoms with van der Waals surface area (Å²) >= 11 is 6.17. The lowest BCUT2D eigenvalue weighted by molar-refractivity contribution is -0.385. The van der Waals surface area contributed by atoms with Crippen molar-refractivity contribution >= 4 is 51.9 Å². The van der Waals surface area contributed by atoms with Gasteiger partial charge in [0.2, 0.25) is 0 Å². The molecule has 132 valence electrons. The normalized spacial score (nSPS) is 16.9. The van der Waals surface area contributed by atoms with Gasteiger partial charge in [-0.2, -0.15) is 0 Å². The van der Waals surface area contributed by atoms with Gasteiger partial charge < -0.3 is 9.47 Å². The van der Waals surface area contributed by atoms with Crippen LogP contribution in [0.1, 0.15) is 12.5 Å². The fraction of sp³-hybridized carbons (Fsp3) is 0.267. The number of ether oxygens (including phenoxy) is 2. The van der Waals surface area contributed by atoms with Gasteiger partial charge in [-0.3, -0.25) is 19.8 Å². The Morgan fingerprint density at radius 1 is 1.44 bits per heavy atom. The molecule has 2 rings (SSSR count). The monoisotopic (exact) mass is 382 g/mol. The molecule has 1 aromatic rings. The second-order valence-electron chi connectivity index (χ2n) is 4.94. The fourth-order valence-electron chi connectivity index (χ4n) is 2.18. The molecular weight excluding hydrogens is 368 g/mol. The summed E-state index contributed by atoms with van der Waals surface area (Å²) < 4.78 is 9.79. The number of hydrogen-bond donors (Lipinski definition) is 0. The Kier molecular flexibility index (Phi) is 5.75. The minimum Gasteiger partial charge on any atom is -0.490 e. The largest absolute Gasteiger partial charge is 0.490 e. The van der Waals surface area contributed by atoms with E-state index in [1.165, 1.54) is 39.4 Å². The zero-order chi connectivity index (χ0) is 18.7. The van der Waals surface area contributed by atoms with Gasteiger partial charge in [0.15, 0.2) is 5.75 Å². The number of thiocarbonyl (C=S) groups is 1. The van der Waals surface area contributed by atoms with E-state index in [9.17, 15) is 19.7 Å². The Balaban J connectivity index is 2.35. The second kappa shape index (κ2) is 7.62. The SMILES string of the molecule is COC(=O)[C@H](C)N1C(=O)/C(=C/c2ccc(OC)c([N+](=O)[O-])c2)SC1=S. The number of esters is 1. The number of rotatable bonds is 5. The Hall–Kier alpha value is -2.46. The zero-order valence-electron chi connectivity index (χ0n) is 13.5. The molecule has 1 amide bonds. The summed E-state index contributed by atoms with van der Waals surface area (Å²) in [5, 5.41) is 11.1. The number of carbonyl (C=O) groups excluding carboxylic acids is 2. The third-order valence-corrected chi connectivity index (χ3v) is 4.78.